The van der Waals surface area contributed by atoms with Crippen molar-refractivity contribution in [1.29, 1.82) is 0 Å². The van der Waals surface area contributed by atoms with E-state index in [0.29, 0.717) is 12.0 Å². The maximum Gasteiger partial charge on any atom is 0.131 e. The Kier molecular flexibility index (Phi) is 6.40. The molecule has 23 heavy (non-hydrogen) atoms. The van der Waals surface area contributed by atoms with Gasteiger partial charge in [0.15, 0.2) is 0 Å². The molecular formula is C19H31N3O. The van der Waals surface area contributed by atoms with Crippen LogP contribution in [0.25, 0.3) is 0 Å². The molecule has 4 nitrogen and oxygen atoms in total. The van der Waals surface area contributed by atoms with Gasteiger partial charge in [-0.3, -0.25) is 0 Å². The number of rotatable bonds is 7. The van der Waals surface area contributed by atoms with Crippen LogP contribution in [-0.2, 0) is 11.3 Å². The minimum atomic E-state index is 0.515. The maximum absolute atomic E-state index is 5.69. The summed E-state index contributed by atoms with van der Waals surface area (Å²) in [6, 6.07) is 0. The van der Waals surface area contributed by atoms with Crippen LogP contribution in [0.2, 0.25) is 0 Å². The summed E-state index contributed by atoms with van der Waals surface area (Å²) >= 11 is 0. The lowest BCUT2D eigenvalue weighted by Gasteiger charge is -2.21. The van der Waals surface area contributed by atoms with Crippen molar-refractivity contribution in [2.24, 2.45) is 0 Å². The Morgan fingerprint density at radius 1 is 1.09 bits per heavy atom. The molecule has 3 rings (SSSR count). The molecule has 2 heterocycles. The van der Waals surface area contributed by atoms with Crippen LogP contribution in [0.4, 0.5) is 0 Å². The summed E-state index contributed by atoms with van der Waals surface area (Å²) in [6.45, 7) is 3.02. The molecule has 0 unspecified atom stereocenters. The average Bonchev–Trinajstić information content (AvgIpc) is 3.10. The average molecular weight is 317 g/mol. The van der Waals surface area contributed by atoms with Crippen molar-refractivity contribution in [3.63, 3.8) is 0 Å². The molecule has 1 aliphatic heterocycles. The van der Waals surface area contributed by atoms with Gasteiger partial charge >= 0.3 is 0 Å². The van der Waals surface area contributed by atoms with Crippen LogP contribution < -0.4 is 0 Å². The van der Waals surface area contributed by atoms with Gasteiger partial charge in [-0.1, -0.05) is 19.3 Å². The third kappa shape index (κ3) is 5.25. The van der Waals surface area contributed by atoms with Gasteiger partial charge in [-0.05, 0) is 52.1 Å². The summed E-state index contributed by atoms with van der Waals surface area (Å²) in [5.41, 5.74) is 1.23. The number of ether oxygens (including phenoxy) is 1. The van der Waals surface area contributed by atoms with Crippen LogP contribution in [0.5, 0.6) is 0 Å². The third-order valence-electron chi connectivity index (χ3n) is 5.24. The highest BCUT2D eigenvalue weighted by atomic mass is 16.5. The molecule has 1 aromatic heterocycles. The second kappa shape index (κ2) is 8.74. The minimum Gasteiger partial charge on any atom is -0.378 e. The molecule has 0 bridgehead atoms. The molecular weight excluding hydrogens is 286 g/mol. The van der Waals surface area contributed by atoms with E-state index in [4.69, 9.17) is 4.74 Å². The van der Waals surface area contributed by atoms with Crippen LogP contribution in [0.1, 0.15) is 75.1 Å². The van der Waals surface area contributed by atoms with Gasteiger partial charge in [0.25, 0.3) is 0 Å². The van der Waals surface area contributed by atoms with Crippen LogP contribution in [-0.4, -0.2) is 41.2 Å². The predicted octanol–water partition coefficient (Wildman–Crippen LogP) is 3.92. The molecule has 128 valence electrons. The summed E-state index contributed by atoms with van der Waals surface area (Å²) in [7, 11) is 2.19. The first-order chi connectivity index (χ1) is 11.3. The van der Waals surface area contributed by atoms with Gasteiger partial charge in [0, 0.05) is 37.0 Å². The summed E-state index contributed by atoms with van der Waals surface area (Å²) < 4.78 is 5.69. The first-order valence-electron chi connectivity index (χ1n) is 9.42. The van der Waals surface area contributed by atoms with Gasteiger partial charge in [0.1, 0.15) is 5.82 Å². The fourth-order valence-corrected chi connectivity index (χ4v) is 3.87. The number of aromatic nitrogens is 2. The topological polar surface area (TPSA) is 38.2 Å². The van der Waals surface area contributed by atoms with Crippen molar-refractivity contribution in [2.45, 2.75) is 76.4 Å². The molecule has 0 amide bonds. The predicted molar refractivity (Wildman–Crippen MR) is 92.4 cm³/mol. The summed E-state index contributed by atoms with van der Waals surface area (Å²) in [6.07, 6.45) is 16.1. The Morgan fingerprint density at radius 2 is 1.87 bits per heavy atom. The van der Waals surface area contributed by atoms with E-state index in [1.54, 1.807) is 0 Å². The van der Waals surface area contributed by atoms with Gasteiger partial charge in [-0.25, -0.2) is 9.97 Å². The molecule has 0 aromatic carbocycles. The Morgan fingerprint density at radius 3 is 2.57 bits per heavy atom. The molecule has 1 aliphatic carbocycles. The smallest absolute Gasteiger partial charge is 0.131 e. The van der Waals surface area contributed by atoms with Crippen molar-refractivity contribution in [2.75, 3.05) is 20.2 Å². The Bertz CT molecular complexity index is 450. The maximum atomic E-state index is 5.69. The monoisotopic (exact) mass is 317 g/mol. The molecule has 1 aromatic rings. The van der Waals surface area contributed by atoms with Crippen molar-refractivity contribution < 1.29 is 4.74 Å². The quantitative estimate of drug-likeness (QED) is 0.764. The van der Waals surface area contributed by atoms with Gasteiger partial charge in [-0.15, -0.1) is 0 Å². The highest BCUT2D eigenvalue weighted by molar-refractivity contribution is 5.07. The lowest BCUT2D eigenvalue weighted by Crippen LogP contribution is -2.21. The normalized spacial score (nSPS) is 22.8. The largest absolute Gasteiger partial charge is 0.378 e. The van der Waals surface area contributed by atoms with E-state index in [0.717, 1.165) is 25.5 Å². The molecule has 4 heteroatoms. The molecule has 0 N–H and O–H groups in total. The van der Waals surface area contributed by atoms with E-state index in [9.17, 15) is 0 Å². The van der Waals surface area contributed by atoms with Gasteiger partial charge in [0.2, 0.25) is 0 Å². The SMILES string of the molecule is CN(CCC[C@@H]1CCCO1)Cc1cnc(C2CCCCC2)nc1. The van der Waals surface area contributed by atoms with Crippen molar-refractivity contribution >= 4 is 0 Å². The van der Waals surface area contributed by atoms with E-state index in [1.807, 2.05) is 12.4 Å². The zero-order valence-corrected chi connectivity index (χ0v) is 14.5. The van der Waals surface area contributed by atoms with Crippen LogP contribution in [0.15, 0.2) is 12.4 Å². The standard InChI is InChI=1S/C19H31N3O/c1-22(11-5-9-18-10-6-12-23-18)15-16-13-20-19(21-14-16)17-7-3-2-4-8-17/h13-14,17-18H,2-12,15H2,1H3/t18-/m1/s1. The zero-order chi connectivity index (χ0) is 15.9. The van der Waals surface area contributed by atoms with E-state index < -0.39 is 0 Å². The van der Waals surface area contributed by atoms with Crippen LogP contribution in [0.3, 0.4) is 0 Å². The zero-order valence-electron chi connectivity index (χ0n) is 14.5. The van der Waals surface area contributed by atoms with Gasteiger partial charge in [0.05, 0.1) is 6.10 Å². The highest BCUT2D eigenvalue weighted by Gasteiger charge is 2.18. The van der Waals surface area contributed by atoms with E-state index >= 15 is 0 Å². The fraction of sp³-hybridized carbons (Fsp3) is 0.789. The summed E-state index contributed by atoms with van der Waals surface area (Å²) in [4.78, 5) is 11.7. The van der Waals surface area contributed by atoms with E-state index in [-0.39, 0.29) is 0 Å². The summed E-state index contributed by atoms with van der Waals surface area (Å²) in [5.74, 6) is 1.66. The van der Waals surface area contributed by atoms with E-state index in [1.165, 1.54) is 63.4 Å². The lowest BCUT2D eigenvalue weighted by molar-refractivity contribution is 0.0995. The van der Waals surface area contributed by atoms with Crippen molar-refractivity contribution in [1.82, 2.24) is 14.9 Å². The molecule has 2 fully saturated rings. The Labute approximate surface area is 140 Å². The number of hydrogen-bond acceptors (Lipinski definition) is 4. The Hall–Kier alpha value is -1.00. The van der Waals surface area contributed by atoms with Crippen molar-refractivity contribution in [3.05, 3.63) is 23.8 Å². The minimum absolute atomic E-state index is 0.515. The number of hydrogen-bond donors (Lipinski definition) is 0. The molecule has 0 spiro atoms. The lowest BCUT2D eigenvalue weighted by atomic mass is 9.89. The van der Waals surface area contributed by atoms with Gasteiger partial charge in [-0.2, -0.15) is 0 Å². The van der Waals surface area contributed by atoms with Crippen LogP contribution in [0, 0.1) is 0 Å². The third-order valence-corrected chi connectivity index (χ3v) is 5.24. The molecule has 1 saturated carbocycles. The number of nitrogens with zero attached hydrogens (tertiary/aromatic N) is 3. The highest BCUT2D eigenvalue weighted by Crippen LogP contribution is 2.30. The van der Waals surface area contributed by atoms with Crippen LogP contribution >= 0.6 is 0 Å². The first kappa shape index (κ1) is 16.8. The van der Waals surface area contributed by atoms with E-state index in [2.05, 4.69) is 21.9 Å². The fourth-order valence-electron chi connectivity index (χ4n) is 3.87. The molecule has 1 atom stereocenters. The molecule has 2 aliphatic rings. The van der Waals surface area contributed by atoms with Gasteiger partial charge < -0.3 is 9.64 Å². The molecule has 1 saturated heterocycles. The first-order valence-corrected chi connectivity index (χ1v) is 9.42. The second-order valence-electron chi connectivity index (χ2n) is 7.30. The van der Waals surface area contributed by atoms with Crippen molar-refractivity contribution in [3.8, 4) is 0 Å². The summed E-state index contributed by atoms with van der Waals surface area (Å²) in [5, 5.41) is 0. The Balaban J connectivity index is 1.40. The second-order valence-corrected chi connectivity index (χ2v) is 7.30. The molecule has 0 radical (unpaired) electrons.